The molecule has 1 unspecified atom stereocenters. The smallest absolute Gasteiger partial charge is 0.274 e. The Morgan fingerprint density at radius 3 is 2.67 bits per heavy atom. The van der Waals surface area contributed by atoms with Crippen molar-refractivity contribution in [3.8, 4) is 6.07 Å². The van der Waals surface area contributed by atoms with E-state index in [2.05, 4.69) is 16.9 Å². The van der Waals surface area contributed by atoms with Crippen molar-refractivity contribution in [1.29, 1.82) is 5.26 Å². The molecule has 0 aromatic carbocycles. The lowest BCUT2D eigenvalue weighted by molar-refractivity contribution is 0.308. The van der Waals surface area contributed by atoms with Crippen LogP contribution in [0, 0.1) is 11.3 Å². The second kappa shape index (κ2) is 8.43. The maximum absolute atomic E-state index is 12.4. The van der Waals surface area contributed by atoms with Gasteiger partial charge in [-0.05, 0) is 31.2 Å². The van der Waals surface area contributed by atoms with Crippen LogP contribution in [0.5, 0.6) is 0 Å². The number of rotatable bonds is 6. The molecule has 0 saturated carbocycles. The molecule has 2 heterocycles. The molecule has 0 aliphatic rings. The van der Waals surface area contributed by atoms with Gasteiger partial charge >= 0.3 is 0 Å². The highest BCUT2D eigenvalue weighted by atomic mass is 35.5. The van der Waals surface area contributed by atoms with Gasteiger partial charge in [0.2, 0.25) is 0 Å². The fourth-order valence-electron chi connectivity index (χ4n) is 2.48. The van der Waals surface area contributed by atoms with Crippen LogP contribution in [0.4, 0.5) is 5.69 Å². The Morgan fingerprint density at radius 2 is 2.11 bits per heavy atom. The lowest BCUT2D eigenvalue weighted by Gasteiger charge is -2.15. The zero-order valence-corrected chi connectivity index (χ0v) is 15.9. The molecule has 0 bridgehead atoms. The van der Waals surface area contributed by atoms with E-state index in [1.54, 1.807) is 31.2 Å². The standard InChI is InChI=1S/C19H19ClN4O3/c1-11(20)17(27-4)9-13-5-7-15(18(25)23-13)12(2)22-16-8-6-14(10-21)24(3)19(16)26/h5-9,12,22H,1H2,2-4H3,(H,23,25)/b17-9+. The second-order valence-electron chi connectivity index (χ2n) is 5.79. The fraction of sp³-hybridized carbons (Fsp3) is 0.211. The summed E-state index contributed by atoms with van der Waals surface area (Å²) in [6, 6.07) is 7.93. The van der Waals surface area contributed by atoms with Crippen LogP contribution in [-0.4, -0.2) is 16.7 Å². The molecule has 0 spiro atoms. The minimum atomic E-state index is -0.433. The van der Waals surface area contributed by atoms with Gasteiger partial charge in [0.15, 0.2) is 0 Å². The number of anilines is 1. The van der Waals surface area contributed by atoms with Gasteiger partial charge in [-0.1, -0.05) is 18.2 Å². The van der Waals surface area contributed by atoms with E-state index in [1.165, 1.54) is 24.8 Å². The van der Waals surface area contributed by atoms with Gasteiger partial charge < -0.3 is 19.6 Å². The van der Waals surface area contributed by atoms with E-state index in [-0.39, 0.29) is 21.8 Å². The molecule has 2 N–H and O–H groups in total. The van der Waals surface area contributed by atoms with Crippen molar-refractivity contribution in [1.82, 2.24) is 9.55 Å². The monoisotopic (exact) mass is 386 g/mol. The SMILES string of the molecule is C=C(Cl)/C(=C\c1ccc(C(C)Nc2ccc(C#N)n(C)c2=O)c(=O)[nH]1)OC. The Bertz CT molecular complexity index is 1060. The summed E-state index contributed by atoms with van der Waals surface area (Å²) >= 11 is 5.81. The van der Waals surface area contributed by atoms with Crippen LogP contribution in [0.1, 0.15) is 29.9 Å². The highest BCUT2D eigenvalue weighted by Gasteiger charge is 2.13. The van der Waals surface area contributed by atoms with Crippen LogP contribution in [-0.2, 0) is 11.8 Å². The number of allylic oxidation sites excluding steroid dienone is 1. The van der Waals surface area contributed by atoms with Crippen LogP contribution < -0.4 is 16.4 Å². The zero-order valence-electron chi connectivity index (χ0n) is 15.2. The Balaban J connectivity index is 2.31. The van der Waals surface area contributed by atoms with Gasteiger partial charge in [-0.25, -0.2) is 0 Å². The molecule has 0 amide bonds. The van der Waals surface area contributed by atoms with E-state index in [0.717, 1.165) is 0 Å². The summed E-state index contributed by atoms with van der Waals surface area (Å²) in [5.41, 5.74) is 0.840. The zero-order chi connectivity index (χ0) is 20.1. The minimum absolute atomic E-state index is 0.217. The first-order valence-electron chi connectivity index (χ1n) is 7.98. The van der Waals surface area contributed by atoms with Crippen molar-refractivity contribution in [2.75, 3.05) is 12.4 Å². The summed E-state index contributed by atoms with van der Waals surface area (Å²) < 4.78 is 6.34. The molecule has 1 atom stereocenters. The van der Waals surface area contributed by atoms with Crippen LogP contribution in [0.3, 0.4) is 0 Å². The number of ether oxygens (including phenoxy) is 1. The fourth-order valence-corrected chi connectivity index (χ4v) is 2.61. The first-order valence-corrected chi connectivity index (χ1v) is 8.36. The molecule has 8 heteroatoms. The third kappa shape index (κ3) is 4.49. The van der Waals surface area contributed by atoms with Gasteiger partial charge in [0.05, 0.1) is 18.2 Å². The summed E-state index contributed by atoms with van der Waals surface area (Å²) in [7, 11) is 2.97. The molecule has 7 nitrogen and oxygen atoms in total. The Morgan fingerprint density at radius 1 is 1.41 bits per heavy atom. The van der Waals surface area contributed by atoms with Gasteiger partial charge in [0, 0.05) is 24.4 Å². The lowest BCUT2D eigenvalue weighted by atomic mass is 10.1. The van der Waals surface area contributed by atoms with Crippen LogP contribution >= 0.6 is 11.6 Å². The van der Waals surface area contributed by atoms with E-state index < -0.39 is 6.04 Å². The van der Waals surface area contributed by atoms with Crippen LogP contribution in [0.2, 0.25) is 0 Å². The normalized spacial score (nSPS) is 12.2. The predicted octanol–water partition coefficient (Wildman–Crippen LogP) is 2.86. The molecule has 0 fully saturated rings. The summed E-state index contributed by atoms with van der Waals surface area (Å²) in [4.78, 5) is 27.4. The Labute approximate surface area is 161 Å². The topological polar surface area (TPSA) is 99.9 Å². The predicted molar refractivity (Wildman–Crippen MR) is 105 cm³/mol. The van der Waals surface area contributed by atoms with Crippen molar-refractivity contribution >= 4 is 23.4 Å². The molecule has 0 aliphatic carbocycles. The largest absolute Gasteiger partial charge is 0.495 e. The average Bonchev–Trinajstić information content (AvgIpc) is 2.63. The Hall–Kier alpha value is -3.24. The molecule has 0 radical (unpaired) electrons. The van der Waals surface area contributed by atoms with Gasteiger partial charge in [-0.3, -0.25) is 9.59 Å². The molecule has 0 saturated heterocycles. The molecule has 27 heavy (non-hydrogen) atoms. The maximum Gasteiger partial charge on any atom is 0.274 e. The third-order valence-corrected chi connectivity index (χ3v) is 4.18. The van der Waals surface area contributed by atoms with E-state index in [1.807, 2.05) is 6.07 Å². The quantitative estimate of drug-likeness (QED) is 0.587. The first-order chi connectivity index (χ1) is 12.8. The van der Waals surface area contributed by atoms with E-state index >= 15 is 0 Å². The highest BCUT2D eigenvalue weighted by molar-refractivity contribution is 6.31. The molecule has 2 aromatic rings. The minimum Gasteiger partial charge on any atom is -0.495 e. The molecule has 2 aromatic heterocycles. The number of pyridine rings is 2. The number of hydrogen-bond donors (Lipinski definition) is 2. The summed E-state index contributed by atoms with van der Waals surface area (Å²) in [5.74, 6) is 0.340. The number of H-pyrrole nitrogens is 1. The number of aromatic nitrogens is 2. The Kier molecular flexibility index (Phi) is 6.27. The van der Waals surface area contributed by atoms with Gasteiger partial charge in [-0.2, -0.15) is 5.26 Å². The van der Waals surface area contributed by atoms with E-state index in [0.29, 0.717) is 22.7 Å². The molecule has 0 aliphatic heterocycles. The average molecular weight is 387 g/mol. The van der Waals surface area contributed by atoms with Gasteiger partial charge in [0.1, 0.15) is 23.2 Å². The van der Waals surface area contributed by atoms with Crippen molar-refractivity contribution in [3.05, 3.63) is 79.3 Å². The molecular weight excluding hydrogens is 368 g/mol. The number of methoxy groups -OCH3 is 1. The van der Waals surface area contributed by atoms with E-state index in [4.69, 9.17) is 21.6 Å². The van der Waals surface area contributed by atoms with Gasteiger partial charge in [-0.15, -0.1) is 0 Å². The molecule has 140 valence electrons. The number of halogens is 1. The van der Waals surface area contributed by atoms with Gasteiger partial charge in [0.25, 0.3) is 11.1 Å². The number of nitriles is 1. The number of hydrogen-bond acceptors (Lipinski definition) is 5. The highest BCUT2D eigenvalue weighted by Crippen LogP contribution is 2.17. The number of aromatic amines is 1. The maximum atomic E-state index is 12.4. The summed E-state index contributed by atoms with van der Waals surface area (Å²) in [5, 5.41) is 12.2. The first kappa shape index (κ1) is 20.1. The van der Waals surface area contributed by atoms with Crippen molar-refractivity contribution in [2.45, 2.75) is 13.0 Å². The molecular formula is C19H19ClN4O3. The van der Waals surface area contributed by atoms with Crippen LogP contribution in [0.25, 0.3) is 6.08 Å². The van der Waals surface area contributed by atoms with Crippen molar-refractivity contribution in [3.63, 3.8) is 0 Å². The summed E-state index contributed by atoms with van der Waals surface area (Å²) in [6.45, 7) is 5.35. The molecule has 2 rings (SSSR count). The third-order valence-electron chi connectivity index (χ3n) is 3.99. The van der Waals surface area contributed by atoms with Crippen LogP contribution in [0.15, 0.2) is 51.2 Å². The second-order valence-corrected chi connectivity index (χ2v) is 6.25. The van der Waals surface area contributed by atoms with Crippen molar-refractivity contribution < 1.29 is 4.74 Å². The number of nitrogens with zero attached hydrogens (tertiary/aromatic N) is 2. The summed E-state index contributed by atoms with van der Waals surface area (Å²) in [6.07, 6.45) is 1.56. The van der Waals surface area contributed by atoms with E-state index in [9.17, 15) is 9.59 Å². The van der Waals surface area contributed by atoms with Crippen molar-refractivity contribution in [2.24, 2.45) is 7.05 Å². The number of nitrogens with one attached hydrogen (secondary N) is 2. The lowest BCUT2D eigenvalue weighted by Crippen LogP contribution is -2.26.